The number of hydrogen-bond donors (Lipinski definition) is 1. The molecule has 0 amide bonds. The van der Waals surface area contributed by atoms with Gasteiger partial charge in [-0.2, -0.15) is 13.2 Å². The van der Waals surface area contributed by atoms with E-state index in [9.17, 15) is 18.0 Å². The highest BCUT2D eigenvalue weighted by molar-refractivity contribution is 5.67. The highest BCUT2D eigenvalue weighted by Gasteiger charge is 2.28. The van der Waals surface area contributed by atoms with Crippen molar-refractivity contribution in [3.8, 4) is 0 Å². The van der Waals surface area contributed by atoms with Crippen molar-refractivity contribution >= 4 is 5.97 Å². The SMILES string of the molecule is CC(CC(=O)O)n1nnnc1CCC(F)(F)F. The van der Waals surface area contributed by atoms with Crippen molar-refractivity contribution in [3.05, 3.63) is 5.82 Å². The molecule has 0 aliphatic rings. The van der Waals surface area contributed by atoms with Gasteiger partial charge >= 0.3 is 12.1 Å². The Hall–Kier alpha value is -1.67. The first-order chi connectivity index (χ1) is 7.79. The summed E-state index contributed by atoms with van der Waals surface area (Å²) in [6.07, 6.45) is -5.93. The Labute approximate surface area is 94.4 Å². The standard InChI is InChI=1S/C8H11F3N4O2/c1-5(4-7(16)17)15-6(12-13-14-15)2-3-8(9,10)11/h5H,2-4H2,1H3,(H,16,17). The highest BCUT2D eigenvalue weighted by atomic mass is 19.4. The van der Waals surface area contributed by atoms with Gasteiger partial charge in [-0.05, 0) is 17.4 Å². The van der Waals surface area contributed by atoms with E-state index in [0.29, 0.717) is 0 Å². The van der Waals surface area contributed by atoms with Crippen LogP contribution >= 0.6 is 0 Å². The molecule has 0 saturated heterocycles. The topological polar surface area (TPSA) is 80.9 Å². The number of carbonyl (C=O) groups is 1. The van der Waals surface area contributed by atoms with Gasteiger partial charge in [-0.1, -0.05) is 0 Å². The summed E-state index contributed by atoms with van der Waals surface area (Å²) >= 11 is 0. The van der Waals surface area contributed by atoms with E-state index < -0.39 is 24.6 Å². The summed E-state index contributed by atoms with van der Waals surface area (Å²) in [4.78, 5) is 10.5. The molecule has 1 unspecified atom stereocenters. The molecule has 1 aromatic rings. The van der Waals surface area contributed by atoms with Crippen LogP contribution in [0, 0.1) is 0 Å². The van der Waals surface area contributed by atoms with Crippen LogP contribution < -0.4 is 0 Å². The van der Waals surface area contributed by atoms with Crippen molar-refractivity contribution in [1.29, 1.82) is 0 Å². The fourth-order valence-electron chi connectivity index (χ4n) is 1.31. The summed E-state index contributed by atoms with van der Waals surface area (Å²) in [5.74, 6) is -1.02. The smallest absolute Gasteiger partial charge is 0.389 e. The maximum absolute atomic E-state index is 12.0. The number of hydrogen-bond acceptors (Lipinski definition) is 4. The van der Waals surface area contributed by atoms with Crippen LogP contribution in [-0.2, 0) is 11.2 Å². The van der Waals surface area contributed by atoms with Crippen LogP contribution in [0.5, 0.6) is 0 Å². The van der Waals surface area contributed by atoms with E-state index in [-0.39, 0.29) is 18.7 Å². The average Bonchev–Trinajstić information content (AvgIpc) is 2.60. The van der Waals surface area contributed by atoms with E-state index in [0.717, 1.165) is 4.68 Å². The molecular weight excluding hydrogens is 241 g/mol. The van der Waals surface area contributed by atoms with Gasteiger partial charge in [-0.15, -0.1) is 5.10 Å². The number of carboxylic acid groups (broad SMARTS) is 1. The van der Waals surface area contributed by atoms with Gasteiger partial charge in [0.15, 0.2) is 5.82 Å². The second-order valence-corrected chi connectivity index (χ2v) is 3.60. The van der Waals surface area contributed by atoms with Gasteiger partial charge in [-0.25, -0.2) is 4.68 Å². The van der Waals surface area contributed by atoms with E-state index in [1.165, 1.54) is 6.92 Å². The molecule has 1 heterocycles. The molecule has 0 saturated carbocycles. The van der Waals surface area contributed by atoms with Crippen LogP contribution in [-0.4, -0.2) is 37.5 Å². The van der Waals surface area contributed by atoms with Gasteiger partial charge in [0.2, 0.25) is 0 Å². The molecule has 1 N–H and O–H groups in total. The fraction of sp³-hybridized carbons (Fsp3) is 0.750. The summed E-state index contributed by atoms with van der Waals surface area (Å²) in [5, 5.41) is 18.8. The van der Waals surface area contributed by atoms with Gasteiger partial charge in [0, 0.05) is 6.42 Å². The summed E-state index contributed by atoms with van der Waals surface area (Å²) < 4.78 is 37.2. The number of aromatic nitrogens is 4. The minimum absolute atomic E-state index is 0.0380. The molecule has 0 radical (unpaired) electrons. The molecule has 1 rings (SSSR count). The Morgan fingerprint density at radius 2 is 2.18 bits per heavy atom. The Bertz CT molecular complexity index is 390. The van der Waals surface area contributed by atoms with Crippen LogP contribution in [0.1, 0.15) is 31.6 Å². The Balaban J connectivity index is 2.68. The summed E-state index contributed by atoms with van der Waals surface area (Å²) in [5.41, 5.74) is 0. The normalized spacial score (nSPS) is 13.6. The van der Waals surface area contributed by atoms with Crippen molar-refractivity contribution in [2.45, 2.75) is 38.4 Å². The maximum atomic E-state index is 12.0. The molecular formula is C8H11F3N4O2. The van der Waals surface area contributed by atoms with Gasteiger partial charge in [-0.3, -0.25) is 4.79 Å². The predicted octanol–water partition coefficient (Wildman–Crippen LogP) is 1.20. The lowest BCUT2D eigenvalue weighted by Gasteiger charge is -2.11. The molecule has 17 heavy (non-hydrogen) atoms. The van der Waals surface area contributed by atoms with Gasteiger partial charge in [0.1, 0.15) is 0 Å². The second kappa shape index (κ2) is 5.11. The van der Waals surface area contributed by atoms with Crippen molar-refractivity contribution in [2.24, 2.45) is 0 Å². The van der Waals surface area contributed by atoms with Crippen molar-refractivity contribution < 1.29 is 23.1 Å². The average molecular weight is 252 g/mol. The van der Waals surface area contributed by atoms with Crippen molar-refractivity contribution in [2.75, 3.05) is 0 Å². The molecule has 9 heteroatoms. The van der Waals surface area contributed by atoms with Crippen molar-refractivity contribution in [1.82, 2.24) is 20.2 Å². The molecule has 6 nitrogen and oxygen atoms in total. The molecule has 96 valence electrons. The number of halogens is 3. The van der Waals surface area contributed by atoms with E-state index in [4.69, 9.17) is 5.11 Å². The molecule has 0 aromatic carbocycles. The van der Waals surface area contributed by atoms with Crippen LogP contribution in [0.4, 0.5) is 13.2 Å². The molecule has 0 spiro atoms. The minimum atomic E-state index is -4.28. The molecule has 0 aliphatic carbocycles. The number of aryl methyl sites for hydroxylation is 1. The number of alkyl halides is 3. The lowest BCUT2D eigenvalue weighted by molar-refractivity contribution is -0.138. The zero-order valence-electron chi connectivity index (χ0n) is 8.98. The molecule has 0 fully saturated rings. The number of nitrogens with zero attached hydrogens (tertiary/aromatic N) is 4. The van der Waals surface area contributed by atoms with Gasteiger partial charge in [0.05, 0.1) is 18.9 Å². The van der Waals surface area contributed by atoms with Crippen LogP contribution in [0.15, 0.2) is 0 Å². The Morgan fingerprint density at radius 3 is 2.71 bits per heavy atom. The zero-order chi connectivity index (χ0) is 13.1. The molecule has 1 aromatic heterocycles. The second-order valence-electron chi connectivity index (χ2n) is 3.60. The third kappa shape index (κ3) is 4.37. The molecule has 0 aliphatic heterocycles. The number of aliphatic carboxylic acids is 1. The van der Waals surface area contributed by atoms with Gasteiger partial charge < -0.3 is 5.11 Å². The third-order valence-corrected chi connectivity index (χ3v) is 2.08. The number of tetrazole rings is 1. The quantitative estimate of drug-likeness (QED) is 0.851. The monoisotopic (exact) mass is 252 g/mol. The van der Waals surface area contributed by atoms with E-state index in [1.807, 2.05) is 0 Å². The van der Waals surface area contributed by atoms with Crippen LogP contribution in [0.3, 0.4) is 0 Å². The zero-order valence-corrected chi connectivity index (χ0v) is 8.98. The summed E-state index contributed by atoms with van der Waals surface area (Å²) in [7, 11) is 0. The summed E-state index contributed by atoms with van der Waals surface area (Å²) in [6.45, 7) is 1.53. The van der Waals surface area contributed by atoms with Crippen molar-refractivity contribution in [3.63, 3.8) is 0 Å². The number of carboxylic acids is 1. The van der Waals surface area contributed by atoms with Crippen LogP contribution in [0.25, 0.3) is 0 Å². The highest BCUT2D eigenvalue weighted by Crippen LogP contribution is 2.22. The van der Waals surface area contributed by atoms with Gasteiger partial charge in [0.25, 0.3) is 0 Å². The Morgan fingerprint density at radius 1 is 1.53 bits per heavy atom. The number of rotatable bonds is 5. The fourth-order valence-corrected chi connectivity index (χ4v) is 1.31. The van der Waals surface area contributed by atoms with E-state index in [2.05, 4.69) is 15.5 Å². The van der Waals surface area contributed by atoms with E-state index in [1.54, 1.807) is 0 Å². The lowest BCUT2D eigenvalue weighted by atomic mass is 10.2. The first-order valence-corrected chi connectivity index (χ1v) is 4.85. The predicted molar refractivity (Wildman–Crippen MR) is 49.2 cm³/mol. The molecule has 1 atom stereocenters. The lowest BCUT2D eigenvalue weighted by Crippen LogP contribution is -2.17. The summed E-state index contributed by atoms with van der Waals surface area (Å²) in [6, 6.07) is -0.578. The first kappa shape index (κ1) is 13.4. The third-order valence-electron chi connectivity index (χ3n) is 2.08. The van der Waals surface area contributed by atoms with E-state index >= 15 is 0 Å². The largest absolute Gasteiger partial charge is 0.481 e. The molecule has 0 bridgehead atoms. The Kier molecular flexibility index (Phi) is 4.02. The van der Waals surface area contributed by atoms with Crippen LogP contribution in [0.2, 0.25) is 0 Å². The maximum Gasteiger partial charge on any atom is 0.389 e. The minimum Gasteiger partial charge on any atom is -0.481 e. The first-order valence-electron chi connectivity index (χ1n) is 4.85.